The summed E-state index contributed by atoms with van der Waals surface area (Å²) in [6, 6.07) is 9.86. The van der Waals surface area contributed by atoms with Gasteiger partial charge in [0.15, 0.2) is 0 Å². The van der Waals surface area contributed by atoms with Crippen LogP contribution in [-0.2, 0) is 0 Å². The van der Waals surface area contributed by atoms with Gasteiger partial charge in [-0.3, -0.25) is 0 Å². The Hall–Kier alpha value is -1.14. The van der Waals surface area contributed by atoms with Crippen LogP contribution in [0, 0.1) is 17.2 Å². The second-order valence-corrected chi connectivity index (χ2v) is 4.93. The molecule has 0 aliphatic rings. The van der Waals surface area contributed by atoms with Crippen LogP contribution in [0.15, 0.2) is 24.3 Å². The summed E-state index contributed by atoms with van der Waals surface area (Å²) in [6.45, 7) is 3.31. The van der Waals surface area contributed by atoms with Crippen LogP contribution in [-0.4, -0.2) is 19.3 Å². The van der Waals surface area contributed by atoms with Crippen molar-refractivity contribution in [3.63, 3.8) is 0 Å². The van der Waals surface area contributed by atoms with E-state index in [1.165, 1.54) is 18.5 Å². The molecule has 0 aliphatic carbocycles. The smallest absolute Gasteiger partial charge is 0.0991 e. The molecule has 1 unspecified atom stereocenters. The van der Waals surface area contributed by atoms with Gasteiger partial charge in [0.1, 0.15) is 0 Å². The highest BCUT2D eigenvalue weighted by atomic mass is 32.1. The maximum Gasteiger partial charge on any atom is 0.0991 e. The molecule has 2 nitrogen and oxygen atoms in total. The van der Waals surface area contributed by atoms with Gasteiger partial charge in [0.25, 0.3) is 0 Å². The van der Waals surface area contributed by atoms with Crippen molar-refractivity contribution >= 4 is 18.3 Å². The zero-order valence-corrected chi connectivity index (χ0v) is 11.5. The first-order valence-corrected chi connectivity index (χ1v) is 6.62. The standard InChI is InChI=1S/C14H20N2S/c1-12(8-10-17)7-9-16(2)14-5-3-13(11-15)4-6-14/h3-6,12,17H,7-10H2,1-2H3. The summed E-state index contributed by atoms with van der Waals surface area (Å²) < 4.78 is 0. The van der Waals surface area contributed by atoms with E-state index in [1.807, 2.05) is 24.3 Å². The fourth-order valence-electron chi connectivity index (χ4n) is 1.70. The van der Waals surface area contributed by atoms with E-state index < -0.39 is 0 Å². The van der Waals surface area contributed by atoms with E-state index in [4.69, 9.17) is 5.26 Å². The molecule has 0 bridgehead atoms. The molecule has 3 heteroatoms. The van der Waals surface area contributed by atoms with Gasteiger partial charge in [0.2, 0.25) is 0 Å². The van der Waals surface area contributed by atoms with Crippen LogP contribution in [0.5, 0.6) is 0 Å². The molecule has 1 rings (SSSR count). The van der Waals surface area contributed by atoms with Crippen LogP contribution in [0.1, 0.15) is 25.3 Å². The van der Waals surface area contributed by atoms with Crippen LogP contribution >= 0.6 is 12.6 Å². The van der Waals surface area contributed by atoms with Crippen LogP contribution in [0.3, 0.4) is 0 Å². The molecule has 17 heavy (non-hydrogen) atoms. The van der Waals surface area contributed by atoms with Gasteiger partial charge in [-0.2, -0.15) is 17.9 Å². The first-order valence-electron chi connectivity index (χ1n) is 5.99. The molecule has 0 aliphatic heterocycles. The van der Waals surface area contributed by atoms with Gasteiger partial charge >= 0.3 is 0 Å². The number of hydrogen-bond acceptors (Lipinski definition) is 3. The van der Waals surface area contributed by atoms with Gasteiger partial charge in [0.05, 0.1) is 11.6 Å². The number of nitriles is 1. The third-order valence-electron chi connectivity index (χ3n) is 3.02. The van der Waals surface area contributed by atoms with Crippen LogP contribution in [0.2, 0.25) is 0 Å². The molecule has 1 atom stereocenters. The maximum absolute atomic E-state index is 8.73. The molecular formula is C14H20N2S. The molecule has 1 aromatic carbocycles. The van der Waals surface area contributed by atoms with Crippen molar-refractivity contribution in [3.8, 4) is 6.07 Å². The number of benzene rings is 1. The second kappa shape index (κ2) is 7.24. The molecule has 0 saturated carbocycles. The molecule has 1 aromatic rings. The topological polar surface area (TPSA) is 27.0 Å². The zero-order chi connectivity index (χ0) is 12.7. The minimum Gasteiger partial charge on any atom is -0.375 e. The van der Waals surface area contributed by atoms with Gasteiger partial charge < -0.3 is 4.90 Å². The van der Waals surface area contributed by atoms with E-state index >= 15 is 0 Å². The van der Waals surface area contributed by atoms with Crippen molar-refractivity contribution in [2.45, 2.75) is 19.8 Å². The first-order chi connectivity index (χ1) is 8.17. The lowest BCUT2D eigenvalue weighted by molar-refractivity contribution is 0.522. The number of thiol groups is 1. The molecule has 92 valence electrons. The Kier molecular flexibility index (Phi) is 5.93. The largest absolute Gasteiger partial charge is 0.375 e. The van der Waals surface area contributed by atoms with Gasteiger partial charge in [-0.1, -0.05) is 6.92 Å². The molecule has 0 spiro atoms. The molecular weight excluding hydrogens is 228 g/mol. The van der Waals surface area contributed by atoms with E-state index in [1.54, 1.807) is 0 Å². The van der Waals surface area contributed by atoms with E-state index in [9.17, 15) is 0 Å². The molecule has 0 amide bonds. The number of hydrogen-bond donors (Lipinski definition) is 1. The van der Waals surface area contributed by atoms with Crippen molar-refractivity contribution < 1.29 is 0 Å². The summed E-state index contributed by atoms with van der Waals surface area (Å²) in [4.78, 5) is 2.23. The van der Waals surface area contributed by atoms with Crippen LogP contribution < -0.4 is 4.90 Å². The van der Waals surface area contributed by atoms with E-state index in [2.05, 4.69) is 37.6 Å². The SMILES string of the molecule is CC(CCS)CCN(C)c1ccc(C#N)cc1. The maximum atomic E-state index is 8.73. The lowest BCUT2D eigenvalue weighted by atomic mass is 10.0. The Morgan fingerprint density at radius 1 is 1.29 bits per heavy atom. The normalized spacial score (nSPS) is 11.9. The van der Waals surface area contributed by atoms with E-state index in [0.29, 0.717) is 11.5 Å². The van der Waals surface area contributed by atoms with Gasteiger partial charge in [-0.05, 0) is 48.8 Å². The summed E-state index contributed by atoms with van der Waals surface area (Å²) in [5.41, 5.74) is 1.88. The Morgan fingerprint density at radius 2 is 1.94 bits per heavy atom. The molecule has 0 radical (unpaired) electrons. The Labute approximate surface area is 110 Å². The van der Waals surface area contributed by atoms with Gasteiger partial charge in [-0.25, -0.2) is 0 Å². The highest BCUT2D eigenvalue weighted by Gasteiger charge is 2.05. The Morgan fingerprint density at radius 3 is 2.47 bits per heavy atom. The quantitative estimate of drug-likeness (QED) is 0.782. The van der Waals surface area contributed by atoms with E-state index in [-0.39, 0.29) is 0 Å². The van der Waals surface area contributed by atoms with E-state index in [0.717, 1.165) is 12.3 Å². The molecule has 0 N–H and O–H groups in total. The zero-order valence-electron chi connectivity index (χ0n) is 10.6. The monoisotopic (exact) mass is 248 g/mol. The third-order valence-corrected chi connectivity index (χ3v) is 3.27. The van der Waals surface area contributed by atoms with Crippen LogP contribution in [0.25, 0.3) is 0 Å². The molecule has 0 saturated heterocycles. The summed E-state index contributed by atoms with van der Waals surface area (Å²) in [5.74, 6) is 1.68. The van der Waals surface area contributed by atoms with Gasteiger partial charge in [-0.15, -0.1) is 0 Å². The predicted octanol–water partition coefficient (Wildman–Crippen LogP) is 3.34. The van der Waals surface area contributed by atoms with Crippen molar-refractivity contribution in [2.24, 2.45) is 5.92 Å². The highest BCUT2D eigenvalue weighted by molar-refractivity contribution is 7.80. The summed E-state index contributed by atoms with van der Waals surface area (Å²) in [6.07, 6.45) is 2.35. The van der Waals surface area contributed by atoms with Crippen molar-refractivity contribution in [2.75, 3.05) is 24.2 Å². The lowest BCUT2D eigenvalue weighted by Gasteiger charge is -2.21. The Balaban J connectivity index is 2.46. The molecule has 0 fully saturated rings. The Bertz CT molecular complexity index is 367. The number of anilines is 1. The minimum atomic E-state index is 0.714. The van der Waals surface area contributed by atoms with Crippen molar-refractivity contribution in [3.05, 3.63) is 29.8 Å². The number of nitrogens with zero attached hydrogens (tertiary/aromatic N) is 2. The number of rotatable bonds is 6. The summed E-state index contributed by atoms with van der Waals surface area (Å²) in [7, 11) is 2.09. The van der Waals surface area contributed by atoms with Gasteiger partial charge in [0, 0.05) is 19.3 Å². The average molecular weight is 248 g/mol. The average Bonchev–Trinajstić information content (AvgIpc) is 2.36. The lowest BCUT2D eigenvalue weighted by Crippen LogP contribution is -2.20. The van der Waals surface area contributed by atoms with Crippen molar-refractivity contribution in [1.29, 1.82) is 5.26 Å². The fraction of sp³-hybridized carbons (Fsp3) is 0.500. The first kappa shape index (κ1) is 13.9. The molecule has 0 heterocycles. The third kappa shape index (κ3) is 4.70. The highest BCUT2D eigenvalue weighted by Crippen LogP contribution is 2.16. The predicted molar refractivity (Wildman–Crippen MR) is 76.7 cm³/mol. The van der Waals surface area contributed by atoms with Crippen LogP contribution in [0.4, 0.5) is 5.69 Å². The summed E-state index contributed by atoms with van der Waals surface area (Å²) in [5, 5.41) is 8.73. The second-order valence-electron chi connectivity index (χ2n) is 4.49. The summed E-state index contributed by atoms with van der Waals surface area (Å²) >= 11 is 4.25. The fourth-order valence-corrected chi connectivity index (χ4v) is 2.14. The van der Waals surface area contributed by atoms with Crippen molar-refractivity contribution in [1.82, 2.24) is 0 Å². The minimum absolute atomic E-state index is 0.714. The molecule has 0 aromatic heterocycles.